The first-order valence-electron chi connectivity index (χ1n) is 4.59. The van der Waals surface area contributed by atoms with Gasteiger partial charge in [0.1, 0.15) is 0 Å². The number of rotatable bonds is 3. The largest absolute Gasteiger partial charge is 0.380 e. The van der Waals surface area contributed by atoms with Crippen LogP contribution >= 0.6 is 0 Å². The second-order valence-corrected chi connectivity index (χ2v) is 4.84. The van der Waals surface area contributed by atoms with Crippen molar-refractivity contribution in [1.29, 1.82) is 0 Å². The summed E-state index contributed by atoms with van der Waals surface area (Å²) in [5.41, 5.74) is 6.20. The minimum Gasteiger partial charge on any atom is -0.380 e. The zero-order valence-corrected chi connectivity index (χ0v) is 9.22. The second-order valence-electron chi connectivity index (χ2n) is 4.84. The predicted octanol–water partition coefficient (Wildman–Crippen LogP) is 2.03. The molecule has 2 unspecified atom stereocenters. The standard InChI is InChI=1S/C10H23NO/c1-7(2)8(12-6)9(11)10(3,4)5/h7-9H,11H2,1-6H3. The average Bonchev–Trinajstić information content (AvgIpc) is 1.86. The Morgan fingerprint density at radius 2 is 1.58 bits per heavy atom. The van der Waals surface area contributed by atoms with Gasteiger partial charge in [0.25, 0.3) is 0 Å². The van der Waals surface area contributed by atoms with Crippen molar-refractivity contribution in [2.45, 2.75) is 46.8 Å². The molecule has 0 heterocycles. The van der Waals surface area contributed by atoms with Crippen LogP contribution in [-0.2, 0) is 4.74 Å². The molecule has 0 aliphatic carbocycles. The maximum atomic E-state index is 6.08. The highest BCUT2D eigenvalue weighted by atomic mass is 16.5. The first-order chi connectivity index (χ1) is 5.30. The second kappa shape index (κ2) is 4.24. The van der Waals surface area contributed by atoms with Crippen LogP contribution < -0.4 is 5.73 Å². The fraction of sp³-hybridized carbons (Fsp3) is 1.00. The molecule has 2 atom stereocenters. The molecule has 74 valence electrons. The molecule has 0 saturated carbocycles. The summed E-state index contributed by atoms with van der Waals surface area (Å²) in [4.78, 5) is 0. The molecule has 0 rings (SSSR count). The van der Waals surface area contributed by atoms with E-state index in [0.29, 0.717) is 5.92 Å². The Kier molecular flexibility index (Phi) is 4.21. The summed E-state index contributed by atoms with van der Waals surface area (Å²) in [6, 6.07) is 0.0995. The molecule has 0 bridgehead atoms. The van der Waals surface area contributed by atoms with Gasteiger partial charge in [0.15, 0.2) is 0 Å². The maximum absolute atomic E-state index is 6.08. The third kappa shape index (κ3) is 3.11. The molecule has 2 heteroatoms. The first kappa shape index (κ1) is 11.9. The highest BCUT2D eigenvalue weighted by Crippen LogP contribution is 2.24. The Morgan fingerprint density at radius 3 is 1.67 bits per heavy atom. The molecular weight excluding hydrogens is 150 g/mol. The van der Waals surface area contributed by atoms with Gasteiger partial charge in [0.05, 0.1) is 6.10 Å². The van der Waals surface area contributed by atoms with Gasteiger partial charge < -0.3 is 10.5 Å². The molecule has 0 spiro atoms. The van der Waals surface area contributed by atoms with Crippen molar-refractivity contribution in [3.8, 4) is 0 Å². The fourth-order valence-electron chi connectivity index (χ4n) is 1.33. The van der Waals surface area contributed by atoms with Crippen LogP contribution in [0.5, 0.6) is 0 Å². The van der Waals surface area contributed by atoms with E-state index in [-0.39, 0.29) is 17.6 Å². The average molecular weight is 173 g/mol. The van der Waals surface area contributed by atoms with Crippen molar-refractivity contribution < 1.29 is 4.74 Å². The Labute approximate surface area is 76.5 Å². The van der Waals surface area contributed by atoms with Crippen molar-refractivity contribution >= 4 is 0 Å². The summed E-state index contributed by atoms with van der Waals surface area (Å²) in [7, 11) is 1.73. The van der Waals surface area contributed by atoms with E-state index >= 15 is 0 Å². The van der Waals surface area contributed by atoms with Gasteiger partial charge in [-0.1, -0.05) is 34.6 Å². The van der Waals surface area contributed by atoms with Gasteiger partial charge in [-0.15, -0.1) is 0 Å². The quantitative estimate of drug-likeness (QED) is 0.708. The van der Waals surface area contributed by atoms with Crippen LogP contribution in [0.1, 0.15) is 34.6 Å². The van der Waals surface area contributed by atoms with E-state index in [2.05, 4.69) is 34.6 Å². The van der Waals surface area contributed by atoms with Gasteiger partial charge in [-0.05, 0) is 11.3 Å². The number of hydrogen-bond donors (Lipinski definition) is 1. The van der Waals surface area contributed by atoms with Crippen LogP contribution in [0.2, 0.25) is 0 Å². The van der Waals surface area contributed by atoms with Crippen molar-refractivity contribution in [2.75, 3.05) is 7.11 Å². The Balaban J connectivity index is 4.32. The highest BCUT2D eigenvalue weighted by Gasteiger charge is 2.30. The highest BCUT2D eigenvalue weighted by molar-refractivity contribution is 4.85. The SMILES string of the molecule is COC(C(C)C)C(N)C(C)(C)C. The van der Waals surface area contributed by atoms with Gasteiger partial charge in [-0.2, -0.15) is 0 Å². The Hall–Kier alpha value is -0.0800. The van der Waals surface area contributed by atoms with E-state index in [4.69, 9.17) is 10.5 Å². The number of methoxy groups -OCH3 is 1. The predicted molar refractivity (Wildman–Crippen MR) is 53.1 cm³/mol. The van der Waals surface area contributed by atoms with Crippen LogP contribution in [-0.4, -0.2) is 19.3 Å². The van der Waals surface area contributed by atoms with Crippen LogP contribution in [0.3, 0.4) is 0 Å². The van der Waals surface area contributed by atoms with Gasteiger partial charge in [0, 0.05) is 13.2 Å². The molecule has 0 aromatic heterocycles. The molecule has 0 aromatic rings. The van der Waals surface area contributed by atoms with Crippen molar-refractivity contribution in [3.05, 3.63) is 0 Å². The van der Waals surface area contributed by atoms with Crippen LogP contribution in [0.4, 0.5) is 0 Å². The zero-order chi connectivity index (χ0) is 9.94. The number of hydrogen-bond acceptors (Lipinski definition) is 2. The first-order valence-corrected chi connectivity index (χ1v) is 4.59. The summed E-state index contributed by atoms with van der Waals surface area (Å²) in [6.45, 7) is 10.7. The molecule has 0 radical (unpaired) electrons. The van der Waals surface area contributed by atoms with Crippen molar-refractivity contribution in [2.24, 2.45) is 17.1 Å². The summed E-state index contributed by atoms with van der Waals surface area (Å²) in [5, 5.41) is 0. The maximum Gasteiger partial charge on any atom is 0.0750 e. The minimum absolute atomic E-state index is 0.0995. The van der Waals surface area contributed by atoms with E-state index in [1.807, 2.05) is 0 Å². The minimum atomic E-state index is 0.0995. The lowest BCUT2D eigenvalue weighted by Crippen LogP contribution is -2.48. The molecular formula is C10H23NO. The third-order valence-corrected chi connectivity index (χ3v) is 2.28. The normalized spacial score (nSPS) is 18.0. The number of nitrogens with two attached hydrogens (primary N) is 1. The molecule has 0 fully saturated rings. The van der Waals surface area contributed by atoms with Gasteiger partial charge in [-0.3, -0.25) is 0 Å². The molecule has 2 nitrogen and oxygen atoms in total. The molecule has 0 aliphatic heterocycles. The van der Waals surface area contributed by atoms with Crippen LogP contribution in [0.25, 0.3) is 0 Å². The zero-order valence-electron chi connectivity index (χ0n) is 9.22. The van der Waals surface area contributed by atoms with Gasteiger partial charge in [0.2, 0.25) is 0 Å². The van der Waals surface area contributed by atoms with Gasteiger partial charge in [-0.25, -0.2) is 0 Å². The van der Waals surface area contributed by atoms with E-state index < -0.39 is 0 Å². The Morgan fingerprint density at radius 1 is 1.17 bits per heavy atom. The van der Waals surface area contributed by atoms with Crippen LogP contribution in [0, 0.1) is 11.3 Å². The van der Waals surface area contributed by atoms with E-state index in [0.717, 1.165) is 0 Å². The molecule has 12 heavy (non-hydrogen) atoms. The molecule has 0 saturated heterocycles. The molecule has 0 amide bonds. The Bertz CT molecular complexity index is 126. The van der Waals surface area contributed by atoms with Crippen molar-refractivity contribution in [3.63, 3.8) is 0 Å². The summed E-state index contributed by atoms with van der Waals surface area (Å²) >= 11 is 0. The van der Waals surface area contributed by atoms with E-state index in [1.54, 1.807) is 7.11 Å². The smallest absolute Gasteiger partial charge is 0.0750 e. The lowest BCUT2D eigenvalue weighted by Gasteiger charge is -2.35. The van der Waals surface area contributed by atoms with E-state index in [9.17, 15) is 0 Å². The fourth-order valence-corrected chi connectivity index (χ4v) is 1.33. The lowest BCUT2D eigenvalue weighted by molar-refractivity contribution is 0.0131. The van der Waals surface area contributed by atoms with Gasteiger partial charge >= 0.3 is 0 Å². The summed E-state index contributed by atoms with van der Waals surface area (Å²) in [6.07, 6.45) is 0.157. The summed E-state index contributed by atoms with van der Waals surface area (Å²) < 4.78 is 5.38. The topological polar surface area (TPSA) is 35.2 Å². The van der Waals surface area contributed by atoms with Crippen molar-refractivity contribution in [1.82, 2.24) is 0 Å². The van der Waals surface area contributed by atoms with Crippen LogP contribution in [0.15, 0.2) is 0 Å². The molecule has 0 aromatic carbocycles. The third-order valence-electron chi connectivity index (χ3n) is 2.28. The summed E-state index contributed by atoms with van der Waals surface area (Å²) in [5.74, 6) is 0.476. The molecule has 2 N–H and O–H groups in total. The monoisotopic (exact) mass is 173 g/mol. The van der Waals surface area contributed by atoms with E-state index in [1.165, 1.54) is 0 Å². The lowest BCUT2D eigenvalue weighted by atomic mass is 9.80. The molecule has 0 aliphatic rings. The number of ether oxygens (including phenoxy) is 1.